The molecule has 72 valence electrons. The lowest BCUT2D eigenvalue weighted by Gasteiger charge is -2.05. The Kier molecular flexibility index (Phi) is 3.77. The normalized spacial score (nSPS) is 10.3. The Hall–Kier alpha value is -1.02. The molecule has 0 aromatic heterocycles. The molecule has 0 fully saturated rings. The van der Waals surface area contributed by atoms with Gasteiger partial charge in [0.2, 0.25) is 0 Å². The van der Waals surface area contributed by atoms with Gasteiger partial charge < -0.3 is 11.1 Å². The van der Waals surface area contributed by atoms with Crippen LogP contribution >= 0.6 is 0 Å². The van der Waals surface area contributed by atoms with Crippen LogP contribution < -0.4 is 11.1 Å². The molecule has 0 aliphatic heterocycles. The second-order valence-corrected chi connectivity index (χ2v) is 3.29. The zero-order valence-electron chi connectivity index (χ0n) is 8.43. The van der Waals surface area contributed by atoms with Crippen molar-refractivity contribution in [2.45, 2.75) is 20.3 Å². The number of rotatable bonds is 4. The lowest BCUT2D eigenvalue weighted by atomic mass is 10.1. The topological polar surface area (TPSA) is 38.0 Å². The van der Waals surface area contributed by atoms with Crippen LogP contribution in [0.5, 0.6) is 0 Å². The molecule has 1 aromatic rings. The van der Waals surface area contributed by atoms with Crippen LogP contribution in [0.1, 0.15) is 18.1 Å². The maximum Gasteiger partial charge on any atom is 0.0343 e. The Labute approximate surface area is 80.1 Å². The molecule has 0 bridgehead atoms. The third-order valence-corrected chi connectivity index (χ3v) is 2.17. The fraction of sp³-hybridized carbons (Fsp3) is 0.455. The van der Waals surface area contributed by atoms with Gasteiger partial charge in [-0.25, -0.2) is 0 Å². The highest BCUT2D eigenvalue weighted by Gasteiger charge is 1.95. The molecule has 0 unspecified atom stereocenters. The third kappa shape index (κ3) is 3.07. The van der Waals surface area contributed by atoms with E-state index in [4.69, 9.17) is 5.73 Å². The molecule has 3 N–H and O–H groups in total. The van der Waals surface area contributed by atoms with Crippen LogP contribution in [0.15, 0.2) is 18.2 Å². The average Bonchev–Trinajstić information content (AvgIpc) is 2.12. The van der Waals surface area contributed by atoms with Crippen LogP contribution in [0.4, 0.5) is 5.69 Å². The first-order valence-electron chi connectivity index (χ1n) is 4.79. The van der Waals surface area contributed by atoms with Crippen LogP contribution in [-0.4, -0.2) is 13.1 Å². The molecule has 0 radical (unpaired) electrons. The standard InChI is InChI=1S/C11H18N2/c1-3-13-7-6-10-4-5-11(12)9(2)8-10/h4-5,8,13H,3,6-7,12H2,1-2H3. The molecule has 13 heavy (non-hydrogen) atoms. The van der Waals surface area contributed by atoms with Gasteiger partial charge in [-0.05, 0) is 43.6 Å². The minimum atomic E-state index is 0.882. The molecule has 0 heterocycles. The van der Waals surface area contributed by atoms with Gasteiger partial charge in [0, 0.05) is 5.69 Å². The van der Waals surface area contributed by atoms with Crippen molar-refractivity contribution in [2.75, 3.05) is 18.8 Å². The van der Waals surface area contributed by atoms with Crippen molar-refractivity contribution in [1.29, 1.82) is 0 Å². The number of likely N-dealkylation sites (N-methyl/N-ethyl adjacent to an activating group) is 1. The first-order valence-corrected chi connectivity index (χ1v) is 4.79. The van der Waals surface area contributed by atoms with E-state index in [9.17, 15) is 0 Å². The molecule has 2 heteroatoms. The van der Waals surface area contributed by atoms with Crippen LogP contribution in [0.25, 0.3) is 0 Å². The van der Waals surface area contributed by atoms with E-state index in [-0.39, 0.29) is 0 Å². The van der Waals surface area contributed by atoms with E-state index in [0.717, 1.165) is 25.2 Å². The quantitative estimate of drug-likeness (QED) is 0.544. The minimum Gasteiger partial charge on any atom is -0.399 e. The van der Waals surface area contributed by atoms with Crippen molar-refractivity contribution in [3.05, 3.63) is 29.3 Å². The van der Waals surface area contributed by atoms with Gasteiger partial charge in [-0.3, -0.25) is 0 Å². The van der Waals surface area contributed by atoms with Crippen LogP contribution in [0.2, 0.25) is 0 Å². The van der Waals surface area contributed by atoms with E-state index < -0.39 is 0 Å². The number of nitrogens with one attached hydrogen (secondary N) is 1. The van der Waals surface area contributed by atoms with E-state index in [1.807, 2.05) is 13.0 Å². The highest BCUT2D eigenvalue weighted by Crippen LogP contribution is 2.12. The monoisotopic (exact) mass is 178 g/mol. The lowest BCUT2D eigenvalue weighted by Crippen LogP contribution is -2.16. The van der Waals surface area contributed by atoms with Crippen LogP contribution in [-0.2, 0) is 6.42 Å². The van der Waals surface area contributed by atoms with Crippen molar-refractivity contribution in [1.82, 2.24) is 5.32 Å². The fourth-order valence-electron chi connectivity index (χ4n) is 1.30. The highest BCUT2D eigenvalue weighted by molar-refractivity contribution is 5.47. The van der Waals surface area contributed by atoms with E-state index in [1.54, 1.807) is 0 Å². The number of aryl methyl sites for hydroxylation is 1. The molecule has 1 rings (SSSR count). The number of nitrogens with two attached hydrogens (primary N) is 1. The van der Waals surface area contributed by atoms with E-state index in [2.05, 4.69) is 24.4 Å². The van der Waals surface area contributed by atoms with Gasteiger partial charge in [0.05, 0.1) is 0 Å². The molecule has 0 aliphatic carbocycles. The third-order valence-electron chi connectivity index (χ3n) is 2.17. The summed E-state index contributed by atoms with van der Waals surface area (Å²) in [5.74, 6) is 0. The number of nitrogen functional groups attached to an aromatic ring is 1. The molecule has 1 aromatic carbocycles. The summed E-state index contributed by atoms with van der Waals surface area (Å²) >= 11 is 0. The van der Waals surface area contributed by atoms with Gasteiger partial charge in [-0.15, -0.1) is 0 Å². The Morgan fingerprint density at radius 3 is 2.77 bits per heavy atom. The Bertz CT molecular complexity index is 269. The van der Waals surface area contributed by atoms with Gasteiger partial charge in [0.1, 0.15) is 0 Å². The SMILES string of the molecule is CCNCCc1ccc(N)c(C)c1. The molecule has 0 saturated heterocycles. The summed E-state index contributed by atoms with van der Waals surface area (Å²) in [4.78, 5) is 0. The molecular weight excluding hydrogens is 160 g/mol. The Morgan fingerprint density at radius 2 is 2.15 bits per heavy atom. The maximum atomic E-state index is 5.73. The highest BCUT2D eigenvalue weighted by atomic mass is 14.8. The molecule has 0 atom stereocenters. The number of hydrogen-bond donors (Lipinski definition) is 2. The van der Waals surface area contributed by atoms with Crippen molar-refractivity contribution >= 4 is 5.69 Å². The van der Waals surface area contributed by atoms with Gasteiger partial charge in [-0.2, -0.15) is 0 Å². The van der Waals surface area contributed by atoms with Gasteiger partial charge in [0.25, 0.3) is 0 Å². The summed E-state index contributed by atoms with van der Waals surface area (Å²) in [5.41, 5.74) is 9.14. The number of hydrogen-bond acceptors (Lipinski definition) is 2. The largest absolute Gasteiger partial charge is 0.399 e. The van der Waals surface area contributed by atoms with Gasteiger partial charge >= 0.3 is 0 Å². The second-order valence-electron chi connectivity index (χ2n) is 3.29. The summed E-state index contributed by atoms with van der Waals surface area (Å²) in [6, 6.07) is 6.24. The molecule has 0 aliphatic rings. The number of anilines is 1. The molecule has 0 saturated carbocycles. The van der Waals surface area contributed by atoms with Gasteiger partial charge in [0.15, 0.2) is 0 Å². The second kappa shape index (κ2) is 4.87. The van der Waals surface area contributed by atoms with Gasteiger partial charge in [-0.1, -0.05) is 19.1 Å². The summed E-state index contributed by atoms with van der Waals surface area (Å²) < 4.78 is 0. The number of benzene rings is 1. The first-order chi connectivity index (χ1) is 6.24. The Morgan fingerprint density at radius 1 is 1.38 bits per heavy atom. The fourth-order valence-corrected chi connectivity index (χ4v) is 1.30. The minimum absolute atomic E-state index is 0.882. The lowest BCUT2D eigenvalue weighted by molar-refractivity contribution is 0.716. The maximum absolute atomic E-state index is 5.73. The smallest absolute Gasteiger partial charge is 0.0343 e. The van der Waals surface area contributed by atoms with Crippen molar-refractivity contribution in [3.8, 4) is 0 Å². The van der Waals surface area contributed by atoms with Crippen molar-refractivity contribution in [3.63, 3.8) is 0 Å². The predicted molar refractivity (Wildman–Crippen MR) is 57.8 cm³/mol. The molecular formula is C11H18N2. The zero-order chi connectivity index (χ0) is 9.68. The van der Waals surface area contributed by atoms with E-state index >= 15 is 0 Å². The zero-order valence-corrected chi connectivity index (χ0v) is 8.43. The summed E-state index contributed by atoms with van der Waals surface area (Å²) in [6.45, 7) is 6.24. The molecule has 2 nitrogen and oxygen atoms in total. The molecule has 0 spiro atoms. The summed E-state index contributed by atoms with van der Waals surface area (Å²) in [6.07, 6.45) is 1.08. The van der Waals surface area contributed by atoms with E-state index in [0.29, 0.717) is 0 Å². The Balaban J connectivity index is 2.53. The van der Waals surface area contributed by atoms with Crippen molar-refractivity contribution in [2.24, 2.45) is 0 Å². The average molecular weight is 178 g/mol. The van der Waals surface area contributed by atoms with Crippen molar-refractivity contribution < 1.29 is 0 Å². The van der Waals surface area contributed by atoms with E-state index in [1.165, 1.54) is 11.1 Å². The summed E-state index contributed by atoms with van der Waals surface area (Å²) in [5, 5.41) is 3.30. The van der Waals surface area contributed by atoms with Crippen LogP contribution in [0, 0.1) is 6.92 Å². The van der Waals surface area contributed by atoms with Crippen LogP contribution in [0.3, 0.4) is 0 Å². The summed E-state index contributed by atoms with van der Waals surface area (Å²) in [7, 11) is 0. The molecule has 0 amide bonds. The first kappa shape index (κ1) is 10.1. The predicted octanol–water partition coefficient (Wildman–Crippen LogP) is 1.73.